The van der Waals surface area contributed by atoms with E-state index in [2.05, 4.69) is 5.32 Å². The number of sulfonamides is 1. The Hall–Kier alpha value is -0.990. The van der Waals surface area contributed by atoms with E-state index >= 15 is 0 Å². The Balaban J connectivity index is 2.97. The molecule has 1 aromatic rings. The molecule has 0 bridgehead atoms. The Morgan fingerprint density at radius 3 is 2.57 bits per heavy atom. The van der Waals surface area contributed by atoms with Gasteiger partial charge in [-0.15, -0.1) is 0 Å². The highest BCUT2D eigenvalue weighted by molar-refractivity contribution is 7.89. The van der Waals surface area contributed by atoms with E-state index in [0.717, 1.165) is 18.7 Å². The first-order chi connectivity index (χ1) is 9.82. The third-order valence-electron chi connectivity index (χ3n) is 3.14. The fraction of sp³-hybridized carbons (Fsp3) is 0.692. The van der Waals surface area contributed by atoms with Crippen LogP contribution in [0.15, 0.2) is 17.2 Å². The van der Waals surface area contributed by atoms with E-state index in [1.807, 2.05) is 18.4 Å². The van der Waals surface area contributed by atoms with Gasteiger partial charge in [-0.2, -0.15) is 4.31 Å². The molecular weight excluding hydrogens is 300 g/mol. The maximum absolute atomic E-state index is 12.4. The minimum atomic E-state index is -3.87. The van der Waals surface area contributed by atoms with Crippen molar-refractivity contribution >= 4 is 10.0 Å². The van der Waals surface area contributed by atoms with Crippen LogP contribution in [0, 0.1) is 0 Å². The Labute approximate surface area is 125 Å². The molecule has 0 atom stereocenters. The van der Waals surface area contributed by atoms with Crippen molar-refractivity contribution in [1.29, 1.82) is 0 Å². The number of rotatable bonds is 9. The first kappa shape index (κ1) is 18.1. The van der Waals surface area contributed by atoms with Gasteiger partial charge in [-0.3, -0.25) is 0 Å². The van der Waals surface area contributed by atoms with E-state index in [4.69, 9.17) is 0 Å². The van der Waals surface area contributed by atoms with Gasteiger partial charge in [-0.25, -0.2) is 17.2 Å². The fourth-order valence-corrected chi connectivity index (χ4v) is 3.19. The van der Waals surface area contributed by atoms with Crippen LogP contribution in [0.5, 0.6) is 0 Å². The second kappa shape index (κ2) is 7.86. The van der Waals surface area contributed by atoms with Gasteiger partial charge in [0.2, 0.25) is 10.0 Å². The fourth-order valence-electron chi connectivity index (χ4n) is 1.97. The molecule has 122 valence electrons. The molecule has 8 heteroatoms. The molecule has 0 radical (unpaired) electrons. The second-order valence-corrected chi connectivity index (χ2v) is 6.85. The summed E-state index contributed by atoms with van der Waals surface area (Å²) in [5, 5.41) is 3.20. The zero-order chi connectivity index (χ0) is 16.0. The van der Waals surface area contributed by atoms with Gasteiger partial charge >= 0.3 is 0 Å². The minimum Gasteiger partial charge on any atom is -0.349 e. The minimum absolute atomic E-state index is 0.0563. The number of alkyl halides is 2. The highest BCUT2D eigenvalue weighted by atomic mass is 32.2. The Morgan fingerprint density at radius 1 is 1.38 bits per heavy atom. The molecule has 0 aliphatic carbocycles. The van der Waals surface area contributed by atoms with Gasteiger partial charge in [0.05, 0.1) is 6.54 Å². The van der Waals surface area contributed by atoms with E-state index in [9.17, 15) is 17.2 Å². The van der Waals surface area contributed by atoms with Crippen LogP contribution in [0.25, 0.3) is 0 Å². The number of aryl methyl sites for hydroxylation is 1. The first-order valence-electron chi connectivity index (χ1n) is 6.97. The van der Waals surface area contributed by atoms with Crippen LogP contribution in [-0.4, -0.2) is 43.9 Å². The molecule has 0 saturated carbocycles. The second-order valence-electron chi connectivity index (χ2n) is 4.81. The zero-order valence-corrected chi connectivity index (χ0v) is 13.5. The lowest BCUT2D eigenvalue weighted by Crippen LogP contribution is -2.31. The summed E-state index contributed by atoms with van der Waals surface area (Å²) in [5.74, 6) is 0. The summed E-state index contributed by atoms with van der Waals surface area (Å²) in [6.07, 6.45) is -0.209. The van der Waals surface area contributed by atoms with Crippen LogP contribution in [0.3, 0.4) is 0 Å². The average molecular weight is 323 g/mol. The van der Waals surface area contributed by atoms with Crippen molar-refractivity contribution in [3.63, 3.8) is 0 Å². The van der Waals surface area contributed by atoms with Crippen molar-refractivity contribution in [2.24, 2.45) is 0 Å². The van der Waals surface area contributed by atoms with Gasteiger partial charge in [0, 0.05) is 32.0 Å². The smallest absolute Gasteiger partial charge is 0.252 e. The van der Waals surface area contributed by atoms with Gasteiger partial charge in [0.1, 0.15) is 4.90 Å². The lowest BCUT2D eigenvalue weighted by atomic mass is 10.4. The van der Waals surface area contributed by atoms with Crippen molar-refractivity contribution in [1.82, 2.24) is 14.2 Å². The number of hydrogen-bond acceptors (Lipinski definition) is 3. The van der Waals surface area contributed by atoms with Crippen molar-refractivity contribution in [2.75, 3.05) is 20.1 Å². The molecule has 21 heavy (non-hydrogen) atoms. The molecule has 0 amide bonds. The summed E-state index contributed by atoms with van der Waals surface area (Å²) < 4.78 is 51.7. The summed E-state index contributed by atoms with van der Waals surface area (Å²) >= 11 is 0. The number of aromatic nitrogens is 1. The van der Waals surface area contributed by atoms with E-state index < -0.39 is 23.0 Å². The lowest BCUT2D eigenvalue weighted by molar-refractivity contribution is 0.126. The van der Waals surface area contributed by atoms with E-state index in [0.29, 0.717) is 17.4 Å². The van der Waals surface area contributed by atoms with Crippen LogP contribution in [0.2, 0.25) is 0 Å². The molecule has 0 aliphatic heterocycles. The third kappa shape index (κ3) is 4.76. The average Bonchev–Trinajstić information content (AvgIpc) is 2.82. The normalized spacial score (nSPS) is 12.5. The Kier molecular flexibility index (Phi) is 6.76. The van der Waals surface area contributed by atoms with Crippen LogP contribution in [0.1, 0.15) is 26.0 Å². The van der Waals surface area contributed by atoms with E-state index in [1.165, 1.54) is 13.2 Å². The molecule has 5 nitrogen and oxygen atoms in total. The van der Waals surface area contributed by atoms with Crippen molar-refractivity contribution in [3.05, 3.63) is 18.0 Å². The van der Waals surface area contributed by atoms with Gasteiger partial charge in [-0.1, -0.05) is 6.92 Å². The van der Waals surface area contributed by atoms with Gasteiger partial charge in [-0.05, 0) is 26.0 Å². The van der Waals surface area contributed by atoms with Crippen molar-refractivity contribution in [3.8, 4) is 0 Å². The largest absolute Gasteiger partial charge is 0.349 e. The third-order valence-corrected chi connectivity index (χ3v) is 4.93. The summed E-state index contributed by atoms with van der Waals surface area (Å²) in [6.45, 7) is 5.15. The summed E-state index contributed by atoms with van der Waals surface area (Å²) in [7, 11) is -2.71. The van der Waals surface area contributed by atoms with Crippen LogP contribution >= 0.6 is 0 Å². The monoisotopic (exact) mass is 323 g/mol. The molecule has 1 rings (SSSR count). The molecule has 0 unspecified atom stereocenters. The lowest BCUT2D eigenvalue weighted by Gasteiger charge is -2.15. The predicted octanol–water partition coefficient (Wildman–Crippen LogP) is 1.89. The molecule has 0 aliphatic rings. The number of nitrogens with zero attached hydrogens (tertiary/aromatic N) is 2. The first-order valence-corrected chi connectivity index (χ1v) is 8.41. The quantitative estimate of drug-likeness (QED) is 0.706. The highest BCUT2D eigenvalue weighted by Crippen LogP contribution is 2.19. The molecular formula is C13H23F2N3O2S. The van der Waals surface area contributed by atoms with Gasteiger partial charge in [0.15, 0.2) is 0 Å². The van der Waals surface area contributed by atoms with Gasteiger partial charge < -0.3 is 9.88 Å². The maximum atomic E-state index is 12.4. The number of halogens is 2. The summed E-state index contributed by atoms with van der Waals surface area (Å²) in [6, 6.07) is 1.55. The number of nitrogens with one attached hydrogen (secondary N) is 1. The number of hydrogen-bond donors (Lipinski definition) is 1. The van der Waals surface area contributed by atoms with E-state index in [-0.39, 0.29) is 4.90 Å². The van der Waals surface area contributed by atoms with Crippen molar-refractivity contribution < 1.29 is 17.2 Å². The molecule has 0 saturated heterocycles. The molecule has 0 fully saturated rings. The maximum Gasteiger partial charge on any atom is 0.252 e. The topological polar surface area (TPSA) is 54.3 Å². The predicted molar refractivity (Wildman–Crippen MR) is 77.9 cm³/mol. The molecule has 1 N–H and O–H groups in total. The van der Waals surface area contributed by atoms with Crippen molar-refractivity contribution in [2.45, 2.75) is 44.7 Å². The summed E-state index contributed by atoms with van der Waals surface area (Å²) in [4.78, 5) is 0.0563. The molecule has 1 heterocycles. The SMILES string of the molecule is CCCNCc1cc(S(=O)(=O)N(C)CC(F)F)cn1CC. The Morgan fingerprint density at radius 2 is 2.05 bits per heavy atom. The highest BCUT2D eigenvalue weighted by Gasteiger charge is 2.25. The van der Waals surface area contributed by atoms with Crippen LogP contribution in [-0.2, 0) is 23.1 Å². The summed E-state index contributed by atoms with van der Waals surface area (Å²) in [5.41, 5.74) is 0.829. The molecule has 0 aromatic carbocycles. The Bertz CT molecular complexity index is 544. The molecule has 0 spiro atoms. The van der Waals surface area contributed by atoms with E-state index in [1.54, 1.807) is 6.07 Å². The standard InChI is InChI=1S/C13H23F2N3O2S/c1-4-6-16-8-11-7-12(9-18(11)5-2)21(19,20)17(3)10-13(14)15/h7,9,13,16H,4-6,8,10H2,1-3H3. The van der Waals surface area contributed by atoms with Crippen LogP contribution < -0.4 is 5.32 Å². The molecule has 1 aromatic heterocycles. The van der Waals surface area contributed by atoms with Gasteiger partial charge in [0.25, 0.3) is 6.43 Å². The zero-order valence-electron chi connectivity index (χ0n) is 12.6. The van der Waals surface area contributed by atoms with Crippen LogP contribution in [0.4, 0.5) is 8.78 Å².